The van der Waals surface area contributed by atoms with Crippen molar-refractivity contribution in [2.45, 2.75) is 38.2 Å². The van der Waals surface area contributed by atoms with E-state index in [1.807, 2.05) is 11.4 Å². The average molecular weight is 307 g/mol. The fourth-order valence-electron chi connectivity index (χ4n) is 2.68. The van der Waals surface area contributed by atoms with Gasteiger partial charge in [-0.3, -0.25) is 5.43 Å². The minimum atomic E-state index is 0.431. The molecular formula is C14H21N5OS. The lowest BCUT2D eigenvalue weighted by Gasteiger charge is -2.22. The van der Waals surface area contributed by atoms with Gasteiger partial charge in [0.15, 0.2) is 0 Å². The van der Waals surface area contributed by atoms with E-state index in [1.165, 1.54) is 32.1 Å². The molecule has 3 rings (SSSR count). The molecule has 2 aromatic rings. The van der Waals surface area contributed by atoms with Gasteiger partial charge in [-0.05, 0) is 24.3 Å². The summed E-state index contributed by atoms with van der Waals surface area (Å²) in [5.41, 5.74) is 2.50. The fourth-order valence-corrected chi connectivity index (χ4v) is 3.45. The molecule has 21 heavy (non-hydrogen) atoms. The molecule has 1 aliphatic carbocycles. The van der Waals surface area contributed by atoms with Crippen molar-refractivity contribution >= 4 is 33.3 Å². The first kappa shape index (κ1) is 14.5. The van der Waals surface area contributed by atoms with E-state index in [4.69, 9.17) is 10.6 Å². The Balaban J connectivity index is 1.55. The molecule has 0 spiro atoms. The van der Waals surface area contributed by atoms with Crippen LogP contribution >= 0.6 is 11.3 Å². The molecule has 0 unspecified atom stereocenters. The van der Waals surface area contributed by atoms with Crippen LogP contribution in [0.1, 0.15) is 32.1 Å². The van der Waals surface area contributed by atoms with E-state index in [1.54, 1.807) is 11.3 Å². The van der Waals surface area contributed by atoms with E-state index in [9.17, 15) is 0 Å². The van der Waals surface area contributed by atoms with Gasteiger partial charge in [0.05, 0.1) is 18.1 Å². The van der Waals surface area contributed by atoms with Crippen LogP contribution < -0.4 is 16.6 Å². The first-order valence-electron chi connectivity index (χ1n) is 7.44. The first-order chi connectivity index (χ1) is 10.4. The van der Waals surface area contributed by atoms with Crippen molar-refractivity contribution < 1.29 is 4.74 Å². The minimum Gasteiger partial charge on any atom is -0.376 e. The number of anilines is 2. The van der Waals surface area contributed by atoms with E-state index in [0.717, 1.165) is 22.6 Å². The molecule has 1 fully saturated rings. The molecule has 2 heterocycles. The van der Waals surface area contributed by atoms with Gasteiger partial charge in [0.25, 0.3) is 0 Å². The molecular weight excluding hydrogens is 286 g/mol. The Labute approximate surface area is 128 Å². The summed E-state index contributed by atoms with van der Waals surface area (Å²) in [7, 11) is 0. The number of ether oxygens (including phenoxy) is 1. The third kappa shape index (κ3) is 3.61. The number of nitrogens with zero attached hydrogens (tertiary/aromatic N) is 2. The highest BCUT2D eigenvalue weighted by atomic mass is 32.1. The molecule has 0 aromatic carbocycles. The van der Waals surface area contributed by atoms with Crippen molar-refractivity contribution in [3.8, 4) is 0 Å². The van der Waals surface area contributed by atoms with E-state index >= 15 is 0 Å². The van der Waals surface area contributed by atoms with Crippen LogP contribution in [-0.4, -0.2) is 29.2 Å². The van der Waals surface area contributed by atoms with E-state index in [0.29, 0.717) is 18.7 Å². The number of fused-ring (bicyclic) bond motifs is 1. The maximum absolute atomic E-state index is 5.91. The summed E-state index contributed by atoms with van der Waals surface area (Å²) in [6.07, 6.45) is 6.78. The Kier molecular flexibility index (Phi) is 4.84. The van der Waals surface area contributed by atoms with Gasteiger partial charge in [-0.15, -0.1) is 11.3 Å². The first-order valence-corrected chi connectivity index (χ1v) is 8.32. The molecule has 0 bridgehead atoms. The standard InChI is InChI=1S/C14H21N5OS/c15-19-14-17-12(11-6-9-21-13(11)18-14)16-7-8-20-10-4-2-1-3-5-10/h6,9-10H,1-5,7-8,15H2,(H2,16,17,18,19). The summed E-state index contributed by atoms with van der Waals surface area (Å²) in [6.45, 7) is 1.44. The minimum absolute atomic E-state index is 0.431. The Bertz CT molecular complexity index is 582. The number of hydrazine groups is 1. The maximum Gasteiger partial charge on any atom is 0.240 e. The summed E-state index contributed by atoms with van der Waals surface area (Å²) < 4.78 is 5.91. The Hall–Kier alpha value is -1.44. The fraction of sp³-hybridized carbons (Fsp3) is 0.571. The highest BCUT2D eigenvalue weighted by Crippen LogP contribution is 2.26. The van der Waals surface area contributed by atoms with E-state index in [-0.39, 0.29) is 0 Å². The molecule has 0 aliphatic heterocycles. The molecule has 7 heteroatoms. The number of nitrogens with one attached hydrogen (secondary N) is 2. The highest BCUT2D eigenvalue weighted by Gasteiger charge is 2.13. The monoisotopic (exact) mass is 307 g/mol. The molecule has 4 N–H and O–H groups in total. The summed E-state index contributed by atoms with van der Waals surface area (Å²) in [5, 5.41) is 6.35. The van der Waals surface area contributed by atoms with Crippen molar-refractivity contribution in [1.82, 2.24) is 9.97 Å². The second kappa shape index (κ2) is 7.02. The summed E-state index contributed by atoms with van der Waals surface area (Å²) in [4.78, 5) is 9.61. The van der Waals surface area contributed by atoms with Crippen LogP contribution in [0.2, 0.25) is 0 Å². The number of thiophene rings is 1. The van der Waals surface area contributed by atoms with Gasteiger partial charge in [-0.2, -0.15) is 4.98 Å². The van der Waals surface area contributed by atoms with E-state index < -0.39 is 0 Å². The highest BCUT2D eigenvalue weighted by molar-refractivity contribution is 7.16. The predicted octanol–water partition coefficient (Wildman–Crippen LogP) is 2.74. The van der Waals surface area contributed by atoms with Crippen molar-refractivity contribution in [1.29, 1.82) is 0 Å². The van der Waals surface area contributed by atoms with Gasteiger partial charge in [0.1, 0.15) is 10.6 Å². The van der Waals surface area contributed by atoms with Crippen LogP contribution in [0.4, 0.5) is 11.8 Å². The normalized spacial score (nSPS) is 16.2. The van der Waals surface area contributed by atoms with Crippen LogP contribution in [0, 0.1) is 0 Å². The topological polar surface area (TPSA) is 85.1 Å². The van der Waals surface area contributed by atoms with Crippen LogP contribution in [-0.2, 0) is 4.74 Å². The molecule has 0 amide bonds. The zero-order valence-electron chi connectivity index (χ0n) is 12.0. The van der Waals surface area contributed by atoms with Gasteiger partial charge >= 0.3 is 0 Å². The third-order valence-electron chi connectivity index (χ3n) is 3.75. The second-order valence-electron chi connectivity index (χ2n) is 5.24. The van der Waals surface area contributed by atoms with Crippen molar-refractivity contribution in [2.24, 2.45) is 5.84 Å². The molecule has 1 saturated carbocycles. The number of aromatic nitrogens is 2. The molecule has 0 atom stereocenters. The quantitative estimate of drug-likeness (QED) is 0.432. The molecule has 0 radical (unpaired) electrons. The van der Waals surface area contributed by atoms with Gasteiger partial charge in [-0.25, -0.2) is 10.8 Å². The smallest absolute Gasteiger partial charge is 0.240 e. The lowest BCUT2D eigenvalue weighted by molar-refractivity contribution is 0.0347. The van der Waals surface area contributed by atoms with Crippen LogP contribution in [0.25, 0.3) is 10.2 Å². The molecule has 2 aromatic heterocycles. The summed E-state index contributed by atoms with van der Waals surface area (Å²) >= 11 is 1.58. The summed E-state index contributed by atoms with van der Waals surface area (Å²) in [5.74, 6) is 6.65. The summed E-state index contributed by atoms with van der Waals surface area (Å²) in [6, 6.07) is 2.02. The van der Waals surface area contributed by atoms with Crippen molar-refractivity contribution in [3.63, 3.8) is 0 Å². The second-order valence-corrected chi connectivity index (χ2v) is 6.13. The molecule has 1 aliphatic rings. The Morgan fingerprint density at radius 2 is 2.14 bits per heavy atom. The number of hydrogen-bond acceptors (Lipinski definition) is 7. The SMILES string of the molecule is NNc1nc(NCCOC2CCCCC2)c2ccsc2n1. The van der Waals surface area contributed by atoms with Crippen LogP contribution in [0.5, 0.6) is 0 Å². The lowest BCUT2D eigenvalue weighted by atomic mass is 9.98. The van der Waals surface area contributed by atoms with Gasteiger partial charge in [0.2, 0.25) is 5.95 Å². The number of nitrogens with two attached hydrogens (primary N) is 1. The average Bonchev–Trinajstić information content (AvgIpc) is 3.00. The zero-order chi connectivity index (χ0) is 14.5. The molecule has 114 valence electrons. The number of hydrogen-bond donors (Lipinski definition) is 3. The van der Waals surface area contributed by atoms with Crippen molar-refractivity contribution in [3.05, 3.63) is 11.4 Å². The lowest BCUT2D eigenvalue weighted by Crippen LogP contribution is -2.21. The van der Waals surface area contributed by atoms with Gasteiger partial charge < -0.3 is 10.1 Å². The van der Waals surface area contributed by atoms with Crippen LogP contribution in [0.3, 0.4) is 0 Å². The van der Waals surface area contributed by atoms with E-state index in [2.05, 4.69) is 20.7 Å². The molecule has 0 saturated heterocycles. The third-order valence-corrected chi connectivity index (χ3v) is 4.56. The van der Waals surface area contributed by atoms with Crippen molar-refractivity contribution in [2.75, 3.05) is 23.9 Å². The van der Waals surface area contributed by atoms with Gasteiger partial charge in [-0.1, -0.05) is 19.3 Å². The van der Waals surface area contributed by atoms with Crippen LogP contribution in [0.15, 0.2) is 11.4 Å². The Morgan fingerprint density at radius 3 is 2.95 bits per heavy atom. The zero-order valence-corrected chi connectivity index (χ0v) is 12.8. The Morgan fingerprint density at radius 1 is 1.29 bits per heavy atom. The predicted molar refractivity (Wildman–Crippen MR) is 86.5 cm³/mol. The largest absolute Gasteiger partial charge is 0.376 e. The van der Waals surface area contributed by atoms with Gasteiger partial charge in [0, 0.05) is 6.54 Å². The number of rotatable bonds is 6. The maximum atomic E-state index is 5.91. The molecule has 6 nitrogen and oxygen atoms in total. The number of nitrogen functional groups attached to an aromatic ring is 1.